The average molecular weight is 247 g/mol. The molecular formula is C11H13N5O2. The number of carbonyl (C=O) groups excluding carboxylic acids is 1. The van der Waals surface area contributed by atoms with Gasteiger partial charge in [0.25, 0.3) is 5.91 Å². The molecule has 7 heteroatoms. The number of pyridine rings is 1. The van der Waals surface area contributed by atoms with Crippen LogP contribution in [0.25, 0.3) is 0 Å². The Morgan fingerprint density at radius 2 is 2.39 bits per heavy atom. The van der Waals surface area contributed by atoms with Crippen molar-refractivity contribution in [1.82, 2.24) is 20.4 Å². The second-order valence-corrected chi connectivity index (χ2v) is 3.48. The third-order valence-corrected chi connectivity index (χ3v) is 2.25. The van der Waals surface area contributed by atoms with Crippen molar-refractivity contribution in [1.29, 1.82) is 0 Å². The minimum Gasteiger partial charge on any atom is -0.385 e. The zero-order valence-corrected chi connectivity index (χ0v) is 9.88. The van der Waals surface area contributed by atoms with Crippen LogP contribution in [0.1, 0.15) is 23.1 Å². The smallest absolute Gasteiger partial charge is 0.255 e. The van der Waals surface area contributed by atoms with Gasteiger partial charge in [0.1, 0.15) is 0 Å². The summed E-state index contributed by atoms with van der Waals surface area (Å²) in [6.07, 6.45) is 4.37. The van der Waals surface area contributed by atoms with Gasteiger partial charge in [-0.05, 0) is 13.0 Å². The Balaban J connectivity index is 2.04. The van der Waals surface area contributed by atoms with Crippen molar-refractivity contribution in [2.24, 2.45) is 0 Å². The molecule has 2 heterocycles. The lowest BCUT2D eigenvalue weighted by Gasteiger charge is -2.09. The fraction of sp³-hybridized carbons (Fsp3) is 0.273. The molecule has 0 aliphatic rings. The minimum absolute atomic E-state index is 0.218. The Hall–Kier alpha value is -2.44. The van der Waals surface area contributed by atoms with E-state index < -0.39 is 0 Å². The second kappa shape index (κ2) is 5.76. The molecule has 0 saturated heterocycles. The SMILES string of the molecule is CCNc1ccncc1C(=O)NCc1ncon1. The first-order valence-electron chi connectivity index (χ1n) is 5.52. The van der Waals surface area contributed by atoms with Gasteiger partial charge in [0.15, 0.2) is 5.82 Å². The van der Waals surface area contributed by atoms with E-state index in [0.717, 1.165) is 12.2 Å². The summed E-state index contributed by atoms with van der Waals surface area (Å²) in [5.41, 5.74) is 1.24. The lowest BCUT2D eigenvalue weighted by atomic mass is 10.2. The highest BCUT2D eigenvalue weighted by atomic mass is 16.5. The van der Waals surface area contributed by atoms with Crippen molar-refractivity contribution < 1.29 is 9.32 Å². The molecular weight excluding hydrogens is 234 g/mol. The van der Waals surface area contributed by atoms with Crippen LogP contribution in [-0.4, -0.2) is 27.6 Å². The molecule has 2 aromatic rings. The second-order valence-electron chi connectivity index (χ2n) is 3.48. The van der Waals surface area contributed by atoms with E-state index in [4.69, 9.17) is 0 Å². The molecule has 0 saturated carbocycles. The molecule has 0 aliphatic carbocycles. The quantitative estimate of drug-likeness (QED) is 0.812. The predicted molar refractivity (Wildman–Crippen MR) is 63.9 cm³/mol. The van der Waals surface area contributed by atoms with Crippen LogP contribution in [0.2, 0.25) is 0 Å². The van der Waals surface area contributed by atoms with E-state index in [1.54, 1.807) is 12.3 Å². The average Bonchev–Trinajstić information content (AvgIpc) is 2.90. The van der Waals surface area contributed by atoms with Crippen molar-refractivity contribution in [3.8, 4) is 0 Å². The molecule has 0 bridgehead atoms. The molecule has 0 aliphatic heterocycles. The molecule has 7 nitrogen and oxygen atoms in total. The Labute approximate surface area is 104 Å². The van der Waals surface area contributed by atoms with Gasteiger partial charge in [-0.15, -0.1) is 0 Å². The third-order valence-electron chi connectivity index (χ3n) is 2.25. The molecule has 0 unspecified atom stereocenters. The highest BCUT2D eigenvalue weighted by Crippen LogP contribution is 2.12. The van der Waals surface area contributed by atoms with Gasteiger partial charge in [-0.25, -0.2) is 0 Å². The molecule has 0 spiro atoms. The Kier molecular flexibility index (Phi) is 3.85. The fourth-order valence-electron chi connectivity index (χ4n) is 1.44. The molecule has 94 valence electrons. The number of nitrogens with one attached hydrogen (secondary N) is 2. The molecule has 0 atom stereocenters. The number of anilines is 1. The summed E-state index contributed by atoms with van der Waals surface area (Å²) in [5, 5.41) is 9.40. The molecule has 0 radical (unpaired) electrons. The summed E-state index contributed by atoms with van der Waals surface area (Å²) in [5.74, 6) is 0.195. The predicted octanol–water partition coefficient (Wildman–Crippen LogP) is 0.826. The van der Waals surface area contributed by atoms with E-state index in [1.807, 2.05) is 6.92 Å². The standard InChI is InChI=1S/C11H13N5O2/c1-2-13-9-3-4-12-5-8(9)11(17)14-6-10-15-7-18-16-10/h3-5,7H,2,6H2,1H3,(H,12,13)(H,14,17). The summed E-state index contributed by atoms with van der Waals surface area (Å²) in [6, 6.07) is 1.76. The van der Waals surface area contributed by atoms with Gasteiger partial charge in [-0.3, -0.25) is 9.78 Å². The summed E-state index contributed by atoms with van der Waals surface area (Å²) < 4.78 is 4.58. The van der Waals surface area contributed by atoms with Crippen molar-refractivity contribution in [3.05, 3.63) is 36.2 Å². The molecule has 0 fully saturated rings. The Morgan fingerprint density at radius 1 is 1.50 bits per heavy atom. The van der Waals surface area contributed by atoms with Crippen LogP contribution in [0.3, 0.4) is 0 Å². The minimum atomic E-state index is -0.233. The van der Waals surface area contributed by atoms with Gasteiger partial charge in [-0.2, -0.15) is 4.98 Å². The van der Waals surface area contributed by atoms with Crippen LogP contribution in [0.15, 0.2) is 29.4 Å². The number of amides is 1. The molecule has 2 rings (SSSR count). The Bertz CT molecular complexity index is 512. The summed E-state index contributed by atoms with van der Waals surface area (Å²) in [6.45, 7) is 2.91. The van der Waals surface area contributed by atoms with Crippen molar-refractivity contribution in [2.45, 2.75) is 13.5 Å². The van der Waals surface area contributed by atoms with Gasteiger partial charge >= 0.3 is 0 Å². The molecule has 1 amide bonds. The monoisotopic (exact) mass is 247 g/mol. The lowest BCUT2D eigenvalue weighted by molar-refractivity contribution is 0.0950. The number of hydrogen-bond donors (Lipinski definition) is 2. The van der Waals surface area contributed by atoms with E-state index in [9.17, 15) is 4.79 Å². The molecule has 0 aromatic carbocycles. The molecule has 2 aromatic heterocycles. The van der Waals surface area contributed by atoms with E-state index in [1.165, 1.54) is 12.6 Å². The van der Waals surface area contributed by atoms with Gasteiger partial charge in [-0.1, -0.05) is 5.16 Å². The molecule has 18 heavy (non-hydrogen) atoms. The van der Waals surface area contributed by atoms with Crippen molar-refractivity contribution in [3.63, 3.8) is 0 Å². The van der Waals surface area contributed by atoms with Gasteiger partial charge in [0, 0.05) is 18.9 Å². The number of rotatable bonds is 5. The first-order valence-corrected chi connectivity index (χ1v) is 5.52. The van der Waals surface area contributed by atoms with Gasteiger partial charge in [0.05, 0.1) is 17.8 Å². The fourth-order valence-corrected chi connectivity index (χ4v) is 1.44. The highest BCUT2D eigenvalue weighted by molar-refractivity contribution is 5.99. The molecule has 2 N–H and O–H groups in total. The maximum absolute atomic E-state index is 12.0. The van der Waals surface area contributed by atoms with Crippen molar-refractivity contribution in [2.75, 3.05) is 11.9 Å². The third kappa shape index (κ3) is 2.82. The zero-order valence-electron chi connectivity index (χ0n) is 9.88. The maximum atomic E-state index is 12.0. The number of carbonyl (C=O) groups is 1. The van der Waals surface area contributed by atoms with E-state index in [2.05, 4.69) is 30.3 Å². The zero-order chi connectivity index (χ0) is 12.8. The summed E-state index contributed by atoms with van der Waals surface area (Å²) in [4.78, 5) is 19.7. The largest absolute Gasteiger partial charge is 0.385 e. The first-order chi connectivity index (χ1) is 8.81. The van der Waals surface area contributed by atoms with Crippen LogP contribution < -0.4 is 10.6 Å². The van der Waals surface area contributed by atoms with Crippen molar-refractivity contribution >= 4 is 11.6 Å². The highest BCUT2D eigenvalue weighted by Gasteiger charge is 2.11. The number of nitrogens with zero attached hydrogens (tertiary/aromatic N) is 3. The lowest BCUT2D eigenvalue weighted by Crippen LogP contribution is -2.24. The van der Waals surface area contributed by atoms with Gasteiger partial charge in [0.2, 0.25) is 6.39 Å². The van der Waals surface area contributed by atoms with Crippen LogP contribution in [-0.2, 0) is 6.54 Å². The van der Waals surface area contributed by atoms with E-state index in [-0.39, 0.29) is 12.5 Å². The summed E-state index contributed by atoms with van der Waals surface area (Å²) in [7, 11) is 0. The van der Waals surface area contributed by atoms with Gasteiger partial charge < -0.3 is 15.2 Å². The summed E-state index contributed by atoms with van der Waals surface area (Å²) >= 11 is 0. The van der Waals surface area contributed by atoms with E-state index in [0.29, 0.717) is 11.4 Å². The van der Waals surface area contributed by atoms with Crippen LogP contribution in [0.5, 0.6) is 0 Å². The van der Waals surface area contributed by atoms with Crippen LogP contribution in [0, 0.1) is 0 Å². The van der Waals surface area contributed by atoms with Crippen LogP contribution in [0.4, 0.5) is 5.69 Å². The first kappa shape index (κ1) is 12.0. The number of hydrogen-bond acceptors (Lipinski definition) is 6. The van der Waals surface area contributed by atoms with Crippen LogP contribution >= 0.6 is 0 Å². The topological polar surface area (TPSA) is 92.9 Å². The van der Waals surface area contributed by atoms with E-state index >= 15 is 0 Å². The Morgan fingerprint density at radius 3 is 3.11 bits per heavy atom. The maximum Gasteiger partial charge on any atom is 0.255 e. The normalized spacial score (nSPS) is 10.1. The number of aromatic nitrogens is 3.